The van der Waals surface area contributed by atoms with Crippen LogP contribution in [0.25, 0.3) is 0 Å². The van der Waals surface area contributed by atoms with E-state index in [1.54, 1.807) is 0 Å². The Labute approximate surface area is 117 Å². The quantitative estimate of drug-likeness (QED) is 0.784. The van der Waals surface area contributed by atoms with Gasteiger partial charge in [0.15, 0.2) is 11.6 Å². The molecule has 0 radical (unpaired) electrons. The molecule has 3 heterocycles. The van der Waals surface area contributed by atoms with Crippen LogP contribution in [0.5, 0.6) is 0 Å². The van der Waals surface area contributed by atoms with E-state index in [1.807, 2.05) is 4.90 Å². The zero-order valence-corrected chi connectivity index (χ0v) is 11.6. The van der Waals surface area contributed by atoms with Gasteiger partial charge in [-0.15, -0.1) is 0 Å². The Kier molecular flexibility index (Phi) is 3.60. The van der Waals surface area contributed by atoms with Gasteiger partial charge in [0.25, 0.3) is 0 Å². The number of hydrogen-bond donors (Lipinski definition) is 0. The van der Waals surface area contributed by atoms with Crippen LogP contribution in [0, 0.1) is 11.7 Å². The molecular weight excluding hydrogens is 269 g/mol. The minimum atomic E-state index is -0.351. The van der Waals surface area contributed by atoms with Crippen LogP contribution in [-0.2, 0) is 4.74 Å². The van der Waals surface area contributed by atoms with Gasteiger partial charge in [0.05, 0.1) is 24.3 Å². The summed E-state index contributed by atoms with van der Waals surface area (Å²) in [5, 5.41) is 0.330. The van der Waals surface area contributed by atoms with E-state index < -0.39 is 0 Å². The van der Waals surface area contributed by atoms with Crippen molar-refractivity contribution in [3.05, 3.63) is 23.1 Å². The Morgan fingerprint density at radius 3 is 3.00 bits per heavy atom. The third kappa shape index (κ3) is 2.68. The van der Waals surface area contributed by atoms with Crippen LogP contribution in [0.2, 0.25) is 5.02 Å². The first-order valence-corrected chi connectivity index (χ1v) is 6.85. The second kappa shape index (κ2) is 5.23. The maximum atomic E-state index is 14.0. The van der Waals surface area contributed by atoms with Crippen molar-refractivity contribution in [3.63, 3.8) is 0 Å². The molecule has 3 rings (SSSR count). The molecule has 2 bridgehead atoms. The van der Waals surface area contributed by atoms with Crippen molar-refractivity contribution < 1.29 is 9.13 Å². The molecule has 0 aromatic carbocycles. The topological polar surface area (TPSA) is 28.6 Å². The van der Waals surface area contributed by atoms with Crippen LogP contribution < -0.4 is 4.90 Å². The van der Waals surface area contributed by atoms with Gasteiger partial charge in [0.2, 0.25) is 0 Å². The van der Waals surface area contributed by atoms with E-state index in [0.29, 0.717) is 23.4 Å². The lowest BCUT2D eigenvalue weighted by atomic mass is 10.1. The van der Waals surface area contributed by atoms with E-state index in [4.69, 9.17) is 16.3 Å². The zero-order chi connectivity index (χ0) is 13.4. The van der Waals surface area contributed by atoms with Crippen LogP contribution in [-0.4, -0.2) is 55.8 Å². The highest BCUT2D eigenvalue weighted by atomic mass is 35.5. The lowest BCUT2D eigenvalue weighted by molar-refractivity contribution is 0.0928. The Bertz CT molecular complexity index is 473. The predicted molar refractivity (Wildman–Crippen MR) is 72.1 cm³/mol. The number of hydrogen-bond acceptors (Lipinski definition) is 4. The number of nitrogens with zero attached hydrogens (tertiary/aromatic N) is 3. The third-order valence-corrected chi connectivity index (χ3v) is 4.04. The van der Waals surface area contributed by atoms with E-state index in [2.05, 4.69) is 16.9 Å². The second-order valence-corrected chi connectivity index (χ2v) is 5.80. The van der Waals surface area contributed by atoms with Crippen molar-refractivity contribution in [2.45, 2.75) is 6.04 Å². The fourth-order valence-electron chi connectivity index (χ4n) is 2.86. The van der Waals surface area contributed by atoms with Crippen molar-refractivity contribution in [3.8, 4) is 0 Å². The summed E-state index contributed by atoms with van der Waals surface area (Å²) in [6, 6.07) is 1.61. The van der Waals surface area contributed by atoms with Crippen LogP contribution in [0.1, 0.15) is 0 Å². The number of fused-ring (bicyclic) bond motifs is 3. The first-order chi connectivity index (χ1) is 9.13. The number of halogens is 2. The molecule has 0 N–H and O–H groups in total. The molecule has 0 amide bonds. The molecule has 6 heteroatoms. The summed E-state index contributed by atoms with van der Waals surface area (Å²) in [5.41, 5.74) is 0. The van der Waals surface area contributed by atoms with Crippen LogP contribution >= 0.6 is 11.6 Å². The number of aromatic nitrogens is 1. The smallest absolute Gasteiger partial charge is 0.167 e. The molecular formula is C13H17ClFN3O. The molecule has 104 valence electrons. The van der Waals surface area contributed by atoms with Gasteiger partial charge in [-0.05, 0) is 13.1 Å². The summed E-state index contributed by atoms with van der Waals surface area (Å²) >= 11 is 5.76. The highest BCUT2D eigenvalue weighted by molar-refractivity contribution is 6.30. The molecule has 0 unspecified atom stereocenters. The number of anilines is 1. The molecule has 0 aliphatic carbocycles. The van der Waals surface area contributed by atoms with E-state index >= 15 is 0 Å². The maximum absolute atomic E-state index is 14.0. The van der Waals surface area contributed by atoms with Crippen LogP contribution in [0.15, 0.2) is 12.3 Å². The van der Waals surface area contributed by atoms with Gasteiger partial charge in [-0.1, -0.05) is 11.6 Å². The SMILES string of the molecule is CN1C[C@H]2COC[C@@H]1CN(c1ncc(Cl)cc1F)C2. The molecule has 2 fully saturated rings. The summed E-state index contributed by atoms with van der Waals surface area (Å²) in [6.07, 6.45) is 1.50. The molecule has 2 aliphatic rings. The minimum absolute atomic E-state index is 0.282. The number of likely N-dealkylation sites (N-methyl/N-ethyl adjacent to an activating group) is 1. The van der Waals surface area contributed by atoms with Gasteiger partial charge in [0.1, 0.15) is 0 Å². The van der Waals surface area contributed by atoms with E-state index in [-0.39, 0.29) is 11.9 Å². The molecule has 2 aliphatic heterocycles. The Morgan fingerprint density at radius 1 is 1.37 bits per heavy atom. The van der Waals surface area contributed by atoms with Gasteiger partial charge < -0.3 is 9.64 Å². The molecule has 2 saturated heterocycles. The van der Waals surface area contributed by atoms with Crippen LogP contribution in [0.4, 0.5) is 10.2 Å². The lowest BCUT2D eigenvalue weighted by Gasteiger charge is -2.30. The van der Waals surface area contributed by atoms with E-state index in [0.717, 1.165) is 26.2 Å². The molecule has 1 aromatic heterocycles. The number of ether oxygens (including phenoxy) is 1. The highest BCUT2D eigenvalue weighted by Gasteiger charge is 2.32. The Balaban J connectivity index is 1.88. The van der Waals surface area contributed by atoms with E-state index in [9.17, 15) is 4.39 Å². The van der Waals surface area contributed by atoms with Gasteiger partial charge >= 0.3 is 0 Å². The largest absolute Gasteiger partial charge is 0.379 e. The number of rotatable bonds is 1. The standard InChI is InChI=1S/C13H17ClFN3O/c1-17-4-9-5-18(6-11(17)8-19-7-9)13-12(15)2-10(14)3-16-13/h2-3,9,11H,4-8H2,1H3/t9-,11+/m1/s1. The Hall–Kier alpha value is -0.910. The maximum Gasteiger partial charge on any atom is 0.167 e. The summed E-state index contributed by atoms with van der Waals surface area (Å²) in [5.74, 6) is 0.432. The van der Waals surface area contributed by atoms with Gasteiger partial charge in [-0.25, -0.2) is 9.37 Å². The summed E-state index contributed by atoms with van der Waals surface area (Å²) in [4.78, 5) is 8.47. The third-order valence-electron chi connectivity index (χ3n) is 3.83. The van der Waals surface area contributed by atoms with Crippen LogP contribution in [0.3, 0.4) is 0 Å². The molecule has 4 nitrogen and oxygen atoms in total. The molecule has 0 spiro atoms. The fourth-order valence-corrected chi connectivity index (χ4v) is 3.01. The molecule has 0 saturated carbocycles. The predicted octanol–water partition coefficient (Wildman–Crippen LogP) is 1.64. The molecule has 19 heavy (non-hydrogen) atoms. The van der Waals surface area contributed by atoms with Crippen molar-refractivity contribution in [2.75, 3.05) is 44.8 Å². The van der Waals surface area contributed by atoms with Crippen molar-refractivity contribution >= 4 is 17.4 Å². The van der Waals surface area contributed by atoms with Crippen molar-refractivity contribution in [2.24, 2.45) is 5.92 Å². The summed E-state index contributed by atoms with van der Waals surface area (Å²) < 4.78 is 19.7. The zero-order valence-electron chi connectivity index (χ0n) is 10.9. The Morgan fingerprint density at radius 2 is 2.21 bits per heavy atom. The minimum Gasteiger partial charge on any atom is -0.379 e. The number of pyridine rings is 1. The normalized spacial score (nSPS) is 28.3. The fraction of sp³-hybridized carbons (Fsp3) is 0.615. The average molecular weight is 286 g/mol. The van der Waals surface area contributed by atoms with Gasteiger partial charge in [-0.3, -0.25) is 4.90 Å². The first kappa shape index (κ1) is 13.1. The lowest BCUT2D eigenvalue weighted by Crippen LogP contribution is -2.42. The van der Waals surface area contributed by atoms with Crippen molar-refractivity contribution in [1.29, 1.82) is 0 Å². The monoisotopic (exact) mass is 285 g/mol. The summed E-state index contributed by atoms with van der Waals surface area (Å²) in [7, 11) is 2.10. The van der Waals surface area contributed by atoms with E-state index in [1.165, 1.54) is 12.3 Å². The van der Waals surface area contributed by atoms with Gasteiger partial charge in [0, 0.05) is 31.7 Å². The van der Waals surface area contributed by atoms with Gasteiger partial charge in [-0.2, -0.15) is 0 Å². The molecule has 2 atom stereocenters. The van der Waals surface area contributed by atoms with Crippen molar-refractivity contribution in [1.82, 2.24) is 9.88 Å². The first-order valence-electron chi connectivity index (χ1n) is 6.47. The average Bonchev–Trinajstić information content (AvgIpc) is 2.57. The molecule has 1 aromatic rings. The second-order valence-electron chi connectivity index (χ2n) is 5.36. The highest BCUT2D eigenvalue weighted by Crippen LogP contribution is 2.25. The summed E-state index contributed by atoms with van der Waals surface area (Å²) in [6.45, 7) is 3.91.